The first-order valence-corrected chi connectivity index (χ1v) is 7.18. The zero-order chi connectivity index (χ0) is 13.8. The third-order valence-electron chi connectivity index (χ3n) is 3.02. The van der Waals surface area contributed by atoms with Gasteiger partial charge in [-0.3, -0.25) is 0 Å². The predicted octanol–water partition coefficient (Wildman–Crippen LogP) is 4.27. The first kappa shape index (κ1) is 14.1. The number of rotatable bonds is 4. The highest BCUT2D eigenvalue weighted by Gasteiger charge is 2.11. The molecule has 0 saturated heterocycles. The number of halogens is 1. The van der Waals surface area contributed by atoms with Gasteiger partial charge >= 0.3 is 0 Å². The van der Waals surface area contributed by atoms with Crippen molar-refractivity contribution in [3.05, 3.63) is 65.0 Å². The minimum absolute atomic E-state index is 0.264. The van der Waals surface area contributed by atoms with Crippen LogP contribution in [0.25, 0.3) is 0 Å². The second-order valence-corrected chi connectivity index (χ2v) is 5.73. The highest BCUT2D eigenvalue weighted by Crippen LogP contribution is 2.26. The normalized spacial score (nSPS) is 12.4. The second kappa shape index (κ2) is 6.22. The van der Waals surface area contributed by atoms with E-state index in [0.29, 0.717) is 5.75 Å². The zero-order valence-electron chi connectivity index (χ0n) is 11.1. The molecule has 0 saturated carbocycles. The molecule has 0 amide bonds. The molecule has 1 N–H and O–H groups in total. The van der Waals surface area contributed by atoms with Gasteiger partial charge in [0, 0.05) is 10.6 Å². The van der Waals surface area contributed by atoms with Crippen molar-refractivity contribution in [1.82, 2.24) is 0 Å². The first-order valence-electron chi connectivity index (χ1n) is 6.20. The highest BCUT2D eigenvalue weighted by molar-refractivity contribution is 7.99. The van der Waals surface area contributed by atoms with Crippen LogP contribution in [0, 0.1) is 19.7 Å². The van der Waals surface area contributed by atoms with Crippen molar-refractivity contribution in [3.63, 3.8) is 0 Å². The molecule has 1 nitrogen and oxygen atoms in total. The Kier molecular flexibility index (Phi) is 4.61. The lowest BCUT2D eigenvalue weighted by Crippen LogP contribution is -2.03. The predicted molar refractivity (Wildman–Crippen MR) is 78.0 cm³/mol. The molecule has 19 heavy (non-hydrogen) atoms. The topological polar surface area (TPSA) is 20.2 Å². The Labute approximate surface area is 117 Å². The Morgan fingerprint density at radius 3 is 2.42 bits per heavy atom. The molecule has 2 aromatic rings. The molecule has 2 aromatic carbocycles. The maximum absolute atomic E-state index is 13.0. The SMILES string of the molecule is Cc1ccc(SCC(O)c2ccc(F)cc2C)cc1. The minimum Gasteiger partial charge on any atom is -0.388 e. The van der Waals surface area contributed by atoms with E-state index < -0.39 is 6.10 Å². The zero-order valence-corrected chi connectivity index (χ0v) is 11.9. The second-order valence-electron chi connectivity index (χ2n) is 4.64. The van der Waals surface area contributed by atoms with Gasteiger partial charge in [-0.15, -0.1) is 11.8 Å². The van der Waals surface area contributed by atoms with Crippen molar-refractivity contribution in [2.24, 2.45) is 0 Å². The number of aryl methyl sites for hydroxylation is 2. The van der Waals surface area contributed by atoms with Crippen LogP contribution in [0.15, 0.2) is 47.4 Å². The maximum Gasteiger partial charge on any atom is 0.123 e. The summed E-state index contributed by atoms with van der Waals surface area (Å²) in [5, 5.41) is 10.2. The van der Waals surface area contributed by atoms with Gasteiger partial charge in [0.05, 0.1) is 6.10 Å². The fourth-order valence-electron chi connectivity index (χ4n) is 1.91. The van der Waals surface area contributed by atoms with Gasteiger partial charge in [-0.25, -0.2) is 4.39 Å². The summed E-state index contributed by atoms with van der Waals surface area (Å²) in [6, 6.07) is 12.7. The van der Waals surface area contributed by atoms with E-state index in [0.717, 1.165) is 16.0 Å². The number of hydrogen-bond donors (Lipinski definition) is 1. The number of thioether (sulfide) groups is 1. The lowest BCUT2D eigenvalue weighted by atomic mass is 10.0. The van der Waals surface area contributed by atoms with Crippen LogP contribution in [0.4, 0.5) is 4.39 Å². The molecule has 100 valence electrons. The molecule has 0 radical (unpaired) electrons. The quantitative estimate of drug-likeness (QED) is 0.842. The van der Waals surface area contributed by atoms with Crippen molar-refractivity contribution in [2.45, 2.75) is 24.8 Å². The molecule has 0 aromatic heterocycles. The Morgan fingerprint density at radius 2 is 1.79 bits per heavy atom. The summed E-state index contributed by atoms with van der Waals surface area (Å²) >= 11 is 1.60. The molecule has 0 heterocycles. The fourth-order valence-corrected chi connectivity index (χ4v) is 2.77. The van der Waals surface area contributed by atoms with Crippen molar-refractivity contribution in [1.29, 1.82) is 0 Å². The van der Waals surface area contributed by atoms with Crippen LogP contribution in [0.2, 0.25) is 0 Å². The van der Waals surface area contributed by atoms with Crippen LogP contribution in [0.1, 0.15) is 22.8 Å². The largest absolute Gasteiger partial charge is 0.388 e. The molecule has 0 bridgehead atoms. The van der Waals surface area contributed by atoms with Gasteiger partial charge in [0.1, 0.15) is 5.82 Å². The van der Waals surface area contributed by atoms with Crippen LogP contribution in [-0.4, -0.2) is 10.9 Å². The monoisotopic (exact) mass is 276 g/mol. The Balaban J connectivity index is 2.01. The van der Waals surface area contributed by atoms with Gasteiger partial charge < -0.3 is 5.11 Å². The van der Waals surface area contributed by atoms with Crippen molar-refractivity contribution < 1.29 is 9.50 Å². The van der Waals surface area contributed by atoms with Gasteiger partial charge in [0.2, 0.25) is 0 Å². The molecule has 3 heteroatoms. The molecule has 0 aliphatic heterocycles. The van der Waals surface area contributed by atoms with E-state index in [1.807, 2.05) is 26.0 Å². The fraction of sp³-hybridized carbons (Fsp3) is 0.250. The van der Waals surface area contributed by atoms with Crippen LogP contribution >= 0.6 is 11.8 Å². The summed E-state index contributed by atoms with van der Waals surface area (Å²) in [5.41, 5.74) is 2.80. The molecular weight excluding hydrogens is 259 g/mol. The lowest BCUT2D eigenvalue weighted by Gasteiger charge is -2.13. The van der Waals surface area contributed by atoms with E-state index in [1.54, 1.807) is 17.8 Å². The van der Waals surface area contributed by atoms with E-state index in [4.69, 9.17) is 0 Å². The van der Waals surface area contributed by atoms with Gasteiger partial charge in [0.15, 0.2) is 0 Å². The highest BCUT2D eigenvalue weighted by atomic mass is 32.2. The summed E-state index contributed by atoms with van der Waals surface area (Å²) in [7, 11) is 0. The summed E-state index contributed by atoms with van der Waals surface area (Å²) in [5.74, 6) is 0.301. The maximum atomic E-state index is 13.0. The van der Waals surface area contributed by atoms with Crippen LogP contribution < -0.4 is 0 Å². The van der Waals surface area contributed by atoms with Gasteiger partial charge in [-0.1, -0.05) is 23.8 Å². The summed E-state index contributed by atoms with van der Waals surface area (Å²) in [6.45, 7) is 3.86. The average molecular weight is 276 g/mol. The van der Waals surface area contributed by atoms with Crippen LogP contribution in [-0.2, 0) is 0 Å². The summed E-state index contributed by atoms with van der Waals surface area (Å²) in [4.78, 5) is 1.13. The van der Waals surface area contributed by atoms with Crippen molar-refractivity contribution in [2.75, 3.05) is 5.75 Å². The number of benzene rings is 2. The molecule has 0 aliphatic carbocycles. The summed E-state index contributed by atoms with van der Waals surface area (Å²) in [6.07, 6.45) is -0.577. The Hall–Kier alpha value is -1.32. The molecule has 2 rings (SSSR count). The van der Waals surface area contributed by atoms with Crippen molar-refractivity contribution >= 4 is 11.8 Å². The molecule has 0 fully saturated rings. The molecule has 0 aliphatic rings. The van der Waals surface area contributed by atoms with E-state index in [-0.39, 0.29) is 5.82 Å². The molecule has 1 unspecified atom stereocenters. The molecular formula is C16H17FOS. The Morgan fingerprint density at radius 1 is 1.11 bits per heavy atom. The van der Waals surface area contributed by atoms with E-state index in [1.165, 1.54) is 17.7 Å². The molecule has 0 spiro atoms. The lowest BCUT2D eigenvalue weighted by molar-refractivity contribution is 0.203. The molecule has 1 atom stereocenters. The van der Waals surface area contributed by atoms with Gasteiger partial charge in [-0.05, 0) is 49.2 Å². The van der Waals surface area contributed by atoms with Crippen LogP contribution in [0.3, 0.4) is 0 Å². The average Bonchev–Trinajstić information content (AvgIpc) is 2.37. The number of aliphatic hydroxyl groups excluding tert-OH is 1. The standard InChI is InChI=1S/C16H17FOS/c1-11-3-6-14(7-4-11)19-10-16(18)15-8-5-13(17)9-12(15)2/h3-9,16,18H,10H2,1-2H3. The third kappa shape index (κ3) is 3.82. The van der Waals surface area contributed by atoms with E-state index >= 15 is 0 Å². The third-order valence-corrected chi connectivity index (χ3v) is 4.11. The minimum atomic E-state index is -0.577. The first-order chi connectivity index (χ1) is 9.06. The number of hydrogen-bond acceptors (Lipinski definition) is 2. The van der Waals surface area contributed by atoms with E-state index in [9.17, 15) is 9.50 Å². The number of aliphatic hydroxyl groups is 1. The van der Waals surface area contributed by atoms with Crippen LogP contribution in [0.5, 0.6) is 0 Å². The smallest absolute Gasteiger partial charge is 0.123 e. The van der Waals surface area contributed by atoms with Crippen molar-refractivity contribution in [3.8, 4) is 0 Å². The summed E-state index contributed by atoms with van der Waals surface area (Å²) < 4.78 is 13.0. The van der Waals surface area contributed by atoms with Gasteiger partial charge in [-0.2, -0.15) is 0 Å². The van der Waals surface area contributed by atoms with Gasteiger partial charge in [0.25, 0.3) is 0 Å². The van der Waals surface area contributed by atoms with E-state index in [2.05, 4.69) is 12.1 Å². The Bertz CT molecular complexity index is 551.